The van der Waals surface area contributed by atoms with Crippen LogP contribution in [0.25, 0.3) is 11.0 Å². The number of hydrogen-bond donors (Lipinski definition) is 1. The molecule has 12 heteroatoms. The Bertz CT molecular complexity index is 1640. The van der Waals surface area contributed by atoms with Crippen molar-refractivity contribution >= 4 is 57.3 Å². The normalized spacial score (nSPS) is 16.0. The fourth-order valence-electron chi connectivity index (χ4n) is 5.22. The molecule has 1 fully saturated rings. The lowest BCUT2D eigenvalue weighted by Crippen LogP contribution is -2.43. The van der Waals surface area contributed by atoms with E-state index < -0.39 is 18.0 Å². The second-order valence-corrected chi connectivity index (χ2v) is 11.7. The van der Waals surface area contributed by atoms with Crippen LogP contribution in [0, 0.1) is 5.82 Å². The van der Waals surface area contributed by atoms with Gasteiger partial charge in [0.1, 0.15) is 22.7 Å². The number of ether oxygens (including phenoxy) is 2. The number of carbonyl (C=O) groups is 3. The van der Waals surface area contributed by atoms with Crippen molar-refractivity contribution in [1.29, 1.82) is 0 Å². The first-order valence-electron chi connectivity index (χ1n) is 14.0. The number of esters is 1. The van der Waals surface area contributed by atoms with Crippen molar-refractivity contribution < 1.29 is 32.7 Å². The summed E-state index contributed by atoms with van der Waals surface area (Å²) in [4.78, 5) is 45.5. The van der Waals surface area contributed by atoms with Crippen molar-refractivity contribution in [3.63, 3.8) is 0 Å². The van der Waals surface area contributed by atoms with E-state index in [0.717, 1.165) is 28.8 Å². The number of methoxy groups -OCH3 is 1. The van der Waals surface area contributed by atoms with Crippen LogP contribution in [0.4, 0.5) is 10.1 Å². The SMILES string of the molecule is CCOC(C(=O)Cc1cc(Cl)c(NC(=O)c2coc3ccccc23)cc1F)N1CCC[C@H]1c1ncc(CCC(=O)OC)s1. The zero-order valence-corrected chi connectivity index (χ0v) is 25.3. The van der Waals surface area contributed by atoms with Gasteiger partial charge in [-0.2, -0.15) is 0 Å². The van der Waals surface area contributed by atoms with Gasteiger partial charge in [0, 0.05) is 36.0 Å². The molecular formula is C31H31ClFN3O6S. The van der Waals surface area contributed by atoms with Crippen LogP contribution in [-0.2, 0) is 31.9 Å². The van der Waals surface area contributed by atoms with Crippen LogP contribution in [0.15, 0.2) is 53.3 Å². The van der Waals surface area contributed by atoms with Crippen molar-refractivity contribution in [2.45, 2.75) is 51.3 Å². The number of amides is 1. The van der Waals surface area contributed by atoms with Gasteiger partial charge in [-0.05, 0) is 49.9 Å². The fraction of sp³-hybridized carbons (Fsp3) is 0.355. The van der Waals surface area contributed by atoms with E-state index >= 15 is 4.39 Å². The lowest BCUT2D eigenvalue weighted by Gasteiger charge is -2.30. The summed E-state index contributed by atoms with van der Waals surface area (Å²) >= 11 is 7.95. The number of thiazole rings is 1. The number of likely N-dealkylation sites (tertiary alicyclic amines) is 1. The van der Waals surface area contributed by atoms with Crippen LogP contribution in [0.1, 0.15) is 58.0 Å². The molecule has 4 aromatic rings. The molecule has 2 aromatic carbocycles. The summed E-state index contributed by atoms with van der Waals surface area (Å²) in [6.45, 7) is 2.71. The van der Waals surface area contributed by atoms with Crippen LogP contribution < -0.4 is 5.32 Å². The first-order valence-corrected chi connectivity index (χ1v) is 15.2. The third kappa shape index (κ3) is 6.96. The third-order valence-electron chi connectivity index (χ3n) is 7.33. The Labute approximate surface area is 256 Å². The van der Waals surface area contributed by atoms with Crippen LogP contribution in [-0.4, -0.2) is 54.0 Å². The zero-order valence-electron chi connectivity index (χ0n) is 23.7. The molecule has 9 nitrogen and oxygen atoms in total. The summed E-state index contributed by atoms with van der Waals surface area (Å²) in [5.74, 6) is -1.77. The molecule has 1 aliphatic rings. The zero-order chi connectivity index (χ0) is 30.5. The monoisotopic (exact) mass is 627 g/mol. The van der Waals surface area contributed by atoms with Gasteiger partial charge in [0.2, 0.25) is 0 Å². The number of rotatable bonds is 12. The minimum absolute atomic E-state index is 0.0818. The Balaban J connectivity index is 1.28. The second kappa shape index (κ2) is 13.8. The van der Waals surface area contributed by atoms with Gasteiger partial charge < -0.3 is 19.2 Å². The van der Waals surface area contributed by atoms with Crippen molar-refractivity contribution in [3.05, 3.63) is 80.7 Å². The quantitative estimate of drug-likeness (QED) is 0.181. The number of furan rings is 1. The van der Waals surface area contributed by atoms with Gasteiger partial charge in [0.05, 0.1) is 35.8 Å². The summed E-state index contributed by atoms with van der Waals surface area (Å²) < 4.78 is 31.3. The number of aromatic nitrogens is 1. The molecule has 2 aromatic heterocycles. The summed E-state index contributed by atoms with van der Waals surface area (Å²) in [6, 6.07) is 9.42. The van der Waals surface area contributed by atoms with Gasteiger partial charge in [-0.25, -0.2) is 9.37 Å². The maximum absolute atomic E-state index is 15.3. The highest BCUT2D eigenvalue weighted by atomic mass is 35.5. The molecule has 0 aliphatic carbocycles. The molecule has 1 N–H and O–H groups in total. The number of carbonyl (C=O) groups excluding carboxylic acids is 3. The van der Waals surface area contributed by atoms with E-state index in [2.05, 4.69) is 10.3 Å². The number of Topliss-reactive ketones (excluding diaryl/α,β-unsaturated/α-hetero) is 1. The number of benzene rings is 2. The predicted octanol–water partition coefficient (Wildman–Crippen LogP) is 6.35. The van der Waals surface area contributed by atoms with Crippen molar-refractivity contribution in [3.8, 4) is 0 Å². The van der Waals surface area contributed by atoms with Gasteiger partial charge >= 0.3 is 5.97 Å². The topological polar surface area (TPSA) is 111 Å². The molecule has 2 atom stereocenters. The summed E-state index contributed by atoms with van der Waals surface area (Å²) in [5, 5.41) is 4.20. The molecule has 1 aliphatic heterocycles. The number of para-hydroxylation sites is 1. The van der Waals surface area contributed by atoms with E-state index in [4.69, 9.17) is 25.5 Å². The van der Waals surface area contributed by atoms with E-state index in [-0.39, 0.29) is 46.9 Å². The average molecular weight is 628 g/mol. The number of anilines is 1. The van der Waals surface area contributed by atoms with E-state index in [1.54, 1.807) is 37.4 Å². The summed E-state index contributed by atoms with van der Waals surface area (Å²) in [7, 11) is 1.36. The number of fused-ring (bicyclic) bond motifs is 1. The Morgan fingerprint density at radius 2 is 2.09 bits per heavy atom. The van der Waals surface area contributed by atoms with Gasteiger partial charge in [-0.15, -0.1) is 11.3 Å². The minimum Gasteiger partial charge on any atom is -0.469 e. The Kier molecular flexibility index (Phi) is 9.86. The van der Waals surface area contributed by atoms with Crippen LogP contribution >= 0.6 is 22.9 Å². The number of ketones is 1. The van der Waals surface area contributed by atoms with E-state index in [9.17, 15) is 14.4 Å². The summed E-state index contributed by atoms with van der Waals surface area (Å²) in [5.41, 5.74) is 1.03. The highest BCUT2D eigenvalue weighted by Gasteiger charge is 2.37. The maximum atomic E-state index is 15.3. The lowest BCUT2D eigenvalue weighted by atomic mass is 10.1. The van der Waals surface area contributed by atoms with Crippen molar-refractivity contribution in [2.75, 3.05) is 25.6 Å². The van der Waals surface area contributed by atoms with Gasteiger partial charge in [-0.3, -0.25) is 19.3 Å². The first kappa shape index (κ1) is 30.8. The van der Waals surface area contributed by atoms with E-state index in [0.29, 0.717) is 36.1 Å². The number of nitrogens with one attached hydrogen (secondary N) is 1. The maximum Gasteiger partial charge on any atom is 0.305 e. The minimum atomic E-state index is -0.896. The standard InChI is InChI=1S/C31H31ClFN3O6S/c1-3-41-31(36-12-6-8-25(36)30-34-16-19(43-30)10-11-28(38)40-2)26(37)14-18-13-22(32)24(15-23(18)33)35-29(39)21-17-42-27-9-5-4-7-20(21)27/h4-5,7,9,13,15-17,25,31H,3,6,8,10-12,14H2,1-2H3,(H,35,39)/t25-,31?/m0/s1. The molecule has 0 saturated carbocycles. The van der Waals surface area contributed by atoms with Crippen LogP contribution in [0.5, 0.6) is 0 Å². The van der Waals surface area contributed by atoms with Gasteiger partial charge in [0.15, 0.2) is 12.0 Å². The highest BCUT2D eigenvalue weighted by molar-refractivity contribution is 7.11. The molecule has 1 saturated heterocycles. The fourth-order valence-corrected chi connectivity index (χ4v) is 6.53. The lowest BCUT2D eigenvalue weighted by molar-refractivity contribution is -0.144. The predicted molar refractivity (Wildman–Crippen MR) is 161 cm³/mol. The molecule has 43 heavy (non-hydrogen) atoms. The van der Waals surface area contributed by atoms with Crippen LogP contribution in [0.3, 0.4) is 0 Å². The first-order chi connectivity index (χ1) is 20.8. The smallest absolute Gasteiger partial charge is 0.305 e. The van der Waals surface area contributed by atoms with Gasteiger partial charge in [0.25, 0.3) is 5.91 Å². The summed E-state index contributed by atoms with van der Waals surface area (Å²) in [6.07, 6.45) is 4.38. The van der Waals surface area contributed by atoms with Crippen molar-refractivity contribution in [2.24, 2.45) is 0 Å². The third-order valence-corrected chi connectivity index (χ3v) is 8.80. The Hall–Kier alpha value is -3.64. The van der Waals surface area contributed by atoms with E-state index in [1.165, 1.54) is 30.8 Å². The molecule has 1 unspecified atom stereocenters. The number of hydrogen-bond acceptors (Lipinski definition) is 9. The molecule has 226 valence electrons. The number of aryl methyl sites for hydroxylation is 1. The number of nitrogens with zero attached hydrogens (tertiary/aromatic N) is 2. The molecule has 0 bridgehead atoms. The highest BCUT2D eigenvalue weighted by Crippen LogP contribution is 2.37. The van der Waals surface area contributed by atoms with Crippen LogP contribution in [0.2, 0.25) is 5.02 Å². The van der Waals surface area contributed by atoms with Gasteiger partial charge in [-0.1, -0.05) is 29.8 Å². The Morgan fingerprint density at radius 1 is 1.28 bits per heavy atom. The largest absolute Gasteiger partial charge is 0.469 e. The molecule has 1 amide bonds. The Morgan fingerprint density at radius 3 is 2.88 bits per heavy atom. The van der Waals surface area contributed by atoms with Crippen molar-refractivity contribution in [1.82, 2.24) is 9.88 Å². The molecule has 3 heterocycles. The number of halogens is 2. The molecule has 0 radical (unpaired) electrons. The molecule has 0 spiro atoms. The second-order valence-electron chi connectivity index (χ2n) is 10.1. The molecule has 5 rings (SSSR count). The van der Waals surface area contributed by atoms with E-state index in [1.807, 2.05) is 4.90 Å². The average Bonchev–Trinajstić information content (AvgIpc) is 3.76. The molecular weight excluding hydrogens is 597 g/mol.